The molecule has 0 saturated heterocycles. The number of hydrogen-bond acceptors (Lipinski definition) is 4. The molecule has 3 rings (SSSR count). The first-order valence-electron chi connectivity index (χ1n) is 8.58. The fourth-order valence-corrected chi connectivity index (χ4v) is 3.04. The molecule has 0 bridgehead atoms. The second kappa shape index (κ2) is 7.61. The first-order chi connectivity index (χ1) is 13.0. The molecule has 6 heteroatoms. The fourth-order valence-electron chi connectivity index (χ4n) is 3.04. The minimum Gasteiger partial charge on any atom is -0.497 e. The summed E-state index contributed by atoms with van der Waals surface area (Å²) < 4.78 is 18.1. The van der Waals surface area contributed by atoms with E-state index in [2.05, 4.69) is 0 Å². The van der Waals surface area contributed by atoms with Crippen LogP contribution in [-0.2, 0) is 11.3 Å². The van der Waals surface area contributed by atoms with E-state index in [4.69, 9.17) is 14.2 Å². The van der Waals surface area contributed by atoms with Crippen LogP contribution in [-0.4, -0.2) is 50.8 Å². The number of carbonyl (C=O) groups is 1. The van der Waals surface area contributed by atoms with Crippen molar-refractivity contribution in [1.82, 2.24) is 9.47 Å². The van der Waals surface area contributed by atoms with E-state index in [1.54, 1.807) is 40.3 Å². The predicted molar refractivity (Wildman–Crippen MR) is 106 cm³/mol. The molecule has 0 atom stereocenters. The van der Waals surface area contributed by atoms with E-state index in [-0.39, 0.29) is 12.5 Å². The normalized spacial score (nSPS) is 10.7. The predicted octanol–water partition coefficient (Wildman–Crippen LogP) is 3.42. The number of carbonyl (C=O) groups excluding carboxylic acids is 1. The summed E-state index contributed by atoms with van der Waals surface area (Å²) in [6.07, 6.45) is 1.99. The molecule has 2 aromatic carbocycles. The van der Waals surface area contributed by atoms with Crippen LogP contribution in [0.3, 0.4) is 0 Å². The zero-order valence-electron chi connectivity index (χ0n) is 16.3. The molecule has 1 amide bonds. The van der Waals surface area contributed by atoms with E-state index in [9.17, 15) is 4.79 Å². The van der Waals surface area contributed by atoms with E-state index in [0.29, 0.717) is 11.5 Å². The van der Waals surface area contributed by atoms with Crippen molar-refractivity contribution in [2.75, 3.05) is 35.4 Å². The summed E-state index contributed by atoms with van der Waals surface area (Å²) in [6, 6.07) is 11.7. The average Bonchev–Trinajstić information content (AvgIpc) is 3.04. The zero-order valence-corrected chi connectivity index (χ0v) is 16.3. The lowest BCUT2D eigenvalue weighted by Gasteiger charge is -2.12. The lowest BCUT2D eigenvalue weighted by atomic mass is 10.0. The van der Waals surface area contributed by atoms with Gasteiger partial charge in [-0.2, -0.15) is 0 Å². The fraction of sp³-hybridized carbons (Fsp3) is 0.286. The Morgan fingerprint density at radius 2 is 1.59 bits per heavy atom. The molecule has 0 aliphatic carbocycles. The third-order valence-corrected chi connectivity index (χ3v) is 4.59. The number of rotatable bonds is 6. The van der Waals surface area contributed by atoms with Crippen molar-refractivity contribution in [3.63, 3.8) is 0 Å². The molecule has 0 aliphatic heterocycles. The van der Waals surface area contributed by atoms with Crippen LogP contribution >= 0.6 is 0 Å². The highest BCUT2D eigenvalue weighted by Crippen LogP contribution is 2.38. The lowest BCUT2D eigenvalue weighted by Crippen LogP contribution is -2.25. The van der Waals surface area contributed by atoms with Gasteiger partial charge in [-0.25, -0.2) is 0 Å². The Hall–Kier alpha value is -3.15. The summed E-state index contributed by atoms with van der Waals surface area (Å²) >= 11 is 0. The average molecular weight is 368 g/mol. The summed E-state index contributed by atoms with van der Waals surface area (Å²) in [6.45, 7) is 0.245. The number of aromatic nitrogens is 1. The quantitative estimate of drug-likeness (QED) is 0.669. The first kappa shape index (κ1) is 18.6. The SMILES string of the molecule is COc1ccc(-c2cn(CC(=O)N(C)C)c3cc(OC)c(OC)cc23)cc1. The number of fused-ring (bicyclic) bond motifs is 1. The molecule has 1 heterocycles. The largest absolute Gasteiger partial charge is 0.497 e. The Balaban J connectivity index is 2.20. The molecule has 142 valence electrons. The summed E-state index contributed by atoms with van der Waals surface area (Å²) in [5.74, 6) is 2.09. The Morgan fingerprint density at radius 3 is 2.15 bits per heavy atom. The van der Waals surface area contributed by atoms with Crippen LogP contribution in [0.2, 0.25) is 0 Å². The molecule has 6 nitrogen and oxygen atoms in total. The van der Waals surface area contributed by atoms with E-state index >= 15 is 0 Å². The van der Waals surface area contributed by atoms with E-state index in [0.717, 1.165) is 27.8 Å². The maximum absolute atomic E-state index is 12.3. The van der Waals surface area contributed by atoms with Crippen LogP contribution in [0.25, 0.3) is 22.0 Å². The number of amides is 1. The van der Waals surface area contributed by atoms with Gasteiger partial charge in [0.25, 0.3) is 0 Å². The molecule has 0 fully saturated rings. The summed E-state index contributed by atoms with van der Waals surface area (Å²) in [5, 5.41) is 0.990. The number of likely N-dealkylation sites (N-methyl/N-ethyl adjacent to an activating group) is 1. The van der Waals surface area contributed by atoms with Gasteiger partial charge in [-0.1, -0.05) is 12.1 Å². The smallest absolute Gasteiger partial charge is 0.241 e. The molecular formula is C21H24N2O4. The van der Waals surface area contributed by atoms with Crippen LogP contribution in [0.1, 0.15) is 0 Å². The van der Waals surface area contributed by atoms with Crippen molar-refractivity contribution >= 4 is 16.8 Å². The van der Waals surface area contributed by atoms with Gasteiger partial charge in [-0.05, 0) is 23.8 Å². The van der Waals surface area contributed by atoms with Crippen LogP contribution < -0.4 is 14.2 Å². The Bertz CT molecular complexity index is 958. The van der Waals surface area contributed by atoms with Crippen LogP contribution in [0.4, 0.5) is 0 Å². The third-order valence-electron chi connectivity index (χ3n) is 4.59. The van der Waals surface area contributed by atoms with Crippen molar-refractivity contribution in [3.05, 3.63) is 42.6 Å². The van der Waals surface area contributed by atoms with Gasteiger partial charge < -0.3 is 23.7 Å². The molecule has 1 aromatic heterocycles. The number of hydrogen-bond donors (Lipinski definition) is 0. The summed E-state index contributed by atoms with van der Waals surface area (Å²) in [5.41, 5.74) is 2.96. The van der Waals surface area contributed by atoms with Gasteiger partial charge in [-0.15, -0.1) is 0 Å². The minimum atomic E-state index is 0.0166. The van der Waals surface area contributed by atoms with Crippen LogP contribution in [0.15, 0.2) is 42.6 Å². The monoisotopic (exact) mass is 368 g/mol. The highest BCUT2D eigenvalue weighted by Gasteiger charge is 2.17. The number of nitrogens with zero attached hydrogens (tertiary/aromatic N) is 2. The standard InChI is InChI=1S/C21H24N2O4/c1-22(2)21(24)13-23-12-17(14-6-8-15(25-3)9-7-14)16-10-19(26-4)20(27-5)11-18(16)23/h6-12H,13H2,1-5H3. The van der Waals surface area contributed by atoms with E-state index in [1.807, 2.05) is 47.2 Å². The first-order valence-corrected chi connectivity index (χ1v) is 8.58. The zero-order chi connectivity index (χ0) is 19.6. The van der Waals surface area contributed by atoms with Crippen molar-refractivity contribution in [1.29, 1.82) is 0 Å². The molecule has 0 aliphatic rings. The highest BCUT2D eigenvalue weighted by atomic mass is 16.5. The Kier molecular flexibility index (Phi) is 5.26. The minimum absolute atomic E-state index is 0.0166. The van der Waals surface area contributed by atoms with E-state index in [1.165, 1.54) is 0 Å². The molecule has 0 radical (unpaired) electrons. The Labute approximate surface area is 158 Å². The summed E-state index contributed by atoms with van der Waals surface area (Å²) in [4.78, 5) is 13.9. The lowest BCUT2D eigenvalue weighted by molar-refractivity contribution is -0.129. The van der Waals surface area contributed by atoms with Gasteiger partial charge in [0, 0.05) is 37.3 Å². The second-order valence-electron chi connectivity index (χ2n) is 6.41. The van der Waals surface area contributed by atoms with Gasteiger partial charge >= 0.3 is 0 Å². The molecule has 0 saturated carbocycles. The molecule has 3 aromatic rings. The van der Waals surface area contributed by atoms with Crippen LogP contribution in [0, 0.1) is 0 Å². The summed E-state index contributed by atoms with van der Waals surface area (Å²) in [7, 11) is 8.37. The maximum Gasteiger partial charge on any atom is 0.241 e. The van der Waals surface area contributed by atoms with Crippen molar-refractivity contribution in [2.24, 2.45) is 0 Å². The molecule has 0 spiro atoms. The maximum atomic E-state index is 12.3. The number of benzene rings is 2. The topological polar surface area (TPSA) is 52.9 Å². The Morgan fingerprint density at radius 1 is 0.963 bits per heavy atom. The van der Waals surface area contributed by atoms with Gasteiger partial charge in [0.15, 0.2) is 11.5 Å². The van der Waals surface area contributed by atoms with Crippen molar-refractivity contribution < 1.29 is 19.0 Å². The highest BCUT2D eigenvalue weighted by molar-refractivity contribution is 5.98. The van der Waals surface area contributed by atoms with Crippen LogP contribution in [0.5, 0.6) is 17.2 Å². The molecule has 0 unspecified atom stereocenters. The van der Waals surface area contributed by atoms with Gasteiger partial charge in [0.05, 0.1) is 26.8 Å². The van der Waals surface area contributed by atoms with Crippen molar-refractivity contribution in [2.45, 2.75) is 6.54 Å². The molecule has 27 heavy (non-hydrogen) atoms. The second-order valence-corrected chi connectivity index (χ2v) is 6.41. The van der Waals surface area contributed by atoms with E-state index < -0.39 is 0 Å². The van der Waals surface area contributed by atoms with Gasteiger partial charge in [0.2, 0.25) is 5.91 Å². The number of methoxy groups -OCH3 is 3. The molecule has 0 N–H and O–H groups in total. The van der Waals surface area contributed by atoms with Gasteiger partial charge in [-0.3, -0.25) is 4.79 Å². The van der Waals surface area contributed by atoms with Gasteiger partial charge in [0.1, 0.15) is 12.3 Å². The molecular weight excluding hydrogens is 344 g/mol. The number of ether oxygens (including phenoxy) is 3. The third kappa shape index (κ3) is 3.56. The van der Waals surface area contributed by atoms with Crippen molar-refractivity contribution in [3.8, 4) is 28.4 Å².